The van der Waals surface area contributed by atoms with Crippen molar-refractivity contribution in [2.75, 3.05) is 24.5 Å². The third kappa shape index (κ3) is 7.91. The van der Waals surface area contributed by atoms with E-state index in [-0.39, 0.29) is 40.6 Å². The maximum absolute atomic E-state index is 12.7. The molecule has 10 heteroatoms. The first-order valence-corrected chi connectivity index (χ1v) is 20.8. The number of imide groups is 1. The molecular weight excluding hydrogens is 737 g/mol. The van der Waals surface area contributed by atoms with Gasteiger partial charge in [-0.3, -0.25) is 29.5 Å². The minimum atomic E-state index is -0.300. The molecule has 2 amide bonds. The number of carbonyl (C=O) groups is 4. The summed E-state index contributed by atoms with van der Waals surface area (Å²) in [5, 5.41) is 13.0. The Balaban J connectivity index is 0.000000520. The number of aryl methyl sites for hydroxylation is 1. The summed E-state index contributed by atoms with van der Waals surface area (Å²) in [6, 6.07) is 18.6. The molecule has 1 unspecified atom stereocenters. The van der Waals surface area contributed by atoms with Gasteiger partial charge in [-0.1, -0.05) is 59.2 Å². The van der Waals surface area contributed by atoms with Gasteiger partial charge in [-0.15, -0.1) is 0 Å². The Morgan fingerprint density at radius 3 is 2.39 bits per heavy atom. The van der Waals surface area contributed by atoms with E-state index in [1.54, 1.807) is 12.3 Å². The molecule has 4 aromatic rings. The second-order valence-electron chi connectivity index (χ2n) is 17.3. The Bertz CT molecular complexity index is 2530. The highest BCUT2D eigenvalue weighted by atomic mass is 16.2. The Kier molecular flexibility index (Phi) is 11.3. The van der Waals surface area contributed by atoms with Crippen LogP contribution in [0.25, 0.3) is 22.0 Å². The number of fused-ring (bicyclic) bond motifs is 4. The molecular formula is C49H54N6O4. The van der Waals surface area contributed by atoms with Crippen LogP contribution in [0, 0.1) is 29.1 Å². The van der Waals surface area contributed by atoms with Gasteiger partial charge < -0.3 is 15.6 Å². The molecule has 8 rings (SSSR count). The van der Waals surface area contributed by atoms with E-state index in [4.69, 9.17) is 10.7 Å². The van der Waals surface area contributed by atoms with Crippen LogP contribution in [0.15, 0.2) is 65.3 Å². The number of nitriles is 1. The number of nitrogens with zero attached hydrogens (tertiary/aromatic N) is 3. The van der Waals surface area contributed by atoms with Crippen molar-refractivity contribution in [2.45, 2.75) is 86.0 Å². The van der Waals surface area contributed by atoms with E-state index < -0.39 is 0 Å². The molecule has 2 saturated heterocycles. The summed E-state index contributed by atoms with van der Waals surface area (Å²) in [7, 11) is 0. The van der Waals surface area contributed by atoms with Crippen LogP contribution in [0.2, 0.25) is 0 Å². The monoisotopic (exact) mass is 790 g/mol. The molecule has 0 bridgehead atoms. The van der Waals surface area contributed by atoms with Crippen LogP contribution in [0.4, 0.5) is 5.69 Å². The molecule has 2 aliphatic heterocycles. The molecule has 4 aliphatic rings. The Hall–Kier alpha value is -6.08. The fraction of sp³-hybridized carbons (Fsp3) is 0.388. The van der Waals surface area contributed by atoms with Gasteiger partial charge in [0, 0.05) is 106 Å². The van der Waals surface area contributed by atoms with E-state index in [1.807, 2.05) is 51.3 Å². The second-order valence-corrected chi connectivity index (χ2v) is 17.3. The first-order valence-electron chi connectivity index (χ1n) is 20.8. The molecule has 1 aromatic heterocycles. The number of aromatic nitrogens is 1. The average molecular weight is 791 g/mol. The summed E-state index contributed by atoms with van der Waals surface area (Å²) < 4.78 is 0. The van der Waals surface area contributed by atoms with Crippen molar-refractivity contribution in [3.63, 3.8) is 0 Å². The van der Waals surface area contributed by atoms with Crippen LogP contribution in [-0.2, 0) is 21.4 Å². The first kappa shape index (κ1) is 41.1. The van der Waals surface area contributed by atoms with Crippen LogP contribution in [0.5, 0.6) is 0 Å². The molecule has 0 spiro atoms. The minimum absolute atomic E-state index is 0.00634. The molecule has 10 nitrogen and oxygen atoms in total. The lowest BCUT2D eigenvalue weighted by Gasteiger charge is -2.40. The summed E-state index contributed by atoms with van der Waals surface area (Å²) in [6.07, 6.45) is 7.89. The molecule has 3 heterocycles. The van der Waals surface area contributed by atoms with Gasteiger partial charge in [0.15, 0.2) is 11.6 Å². The van der Waals surface area contributed by atoms with Gasteiger partial charge in [0.05, 0.1) is 11.6 Å². The Morgan fingerprint density at radius 2 is 1.78 bits per heavy atom. The number of aromatic amines is 1. The minimum Gasteiger partial charge on any atom is -0.404 e. The number of hydrogen-bond donors (Lipinski definition) is 3. The largest absolute Gasteiger partial charge is 0.404 e. The molecule has 1 saturated carbocycles. The number of nitrogens with two attached hydrogens (primary N) is 1. The fourth-order valence-electron chi connectivity index (χ4n) is 8.62. The van der Waals surface area contributed by atoms with Gasteiger partial charge >= 0.3 is 0 Å². The summed E-state index contributed by atoms with van der Waals surface area (Å²) >= 11 is 0. The standard InChI is InChI=1S/C43H45N5O2.C6H9NO2/c1-7-28-15-36-37(43(5,6)42-40(39(36)29-9-10-29)33-12-8-26(18-44)14-38(33)47-42)17-35(28)30(19-45)21-46-20-27-22-48(23-27)31-11-13-32(41(50)24(2)3)34(16-31)25(4)49;1-4-2-3-5(8)7-6(4)9/h8,11-17,19,21,24,27,47H,7,9-10,20,22-23,45H2,1-6H3;4H,2-3H2,1H3,(H,7,8,9)/b30-19+,46-21?;. The van der Waals surface area contributed by atoms with Crippen molar-refractivity contribution in [3.8, 4) is 6.07 Å². The molecule has 0 radical (unpaired) electrons. The molecule has 304 valence electrons. The quantitative estimate of drug-likeness (QED) is 0.0871. The number of Topliss-reactive ketones (excluding diaryl/α,β-unsaturated/α-hetero) is 2. The van der Waals surface area contributed by atoms with Crippen LogP contribution in [-0.4, -0.2) is 54.2 Å². The zero-order valence-corrected chi connectivity index (χ0v) is 35.2. The number of hydrogen-bond acceptors (Lipinski definition) is 8. The molecule has 3 fully saturated rings. The lowest BCUT2D eigenvalue weighted by Crippen LogP contribution is -2.48. The predicted molar refractivity (Wildman–Crippen MR) is 235 cm³/mol. The normalized spacial score (nSPS) is 18.5. The number of aliphatic imine (C=N–C) groups is 1. The van der Waals surface area contributed by atoms with Crippen LogP contribution in [0.3, 0.4) is 0 Å². The molecule has 3 aromatic carbocycles. The number of rotatable bonds is 9. The summed E-state index contributed by atoms with van der Waals surface area (Å²) in [5.74, 6) is -0.138. The first-order chi connectivity index (χ1) is 28.2. The molecule has 4 N–H and O–H groups in total. The molecule has 1 atom stereocenters. The predicted octanol–water partition coefficient (Wildman–Crippen LogP) is 8.44. The maximum atomic E-state index is 12.7. The zero-order chi connectivity index (χ0) is 42.3. The Labute approximate surface area is 346 Å². The van der Waals surface area contributed by atoms with Gasteiger partial charge in [0.25, 0.3) is 0 Å². The number of amides is 2. The number of H-pyrrole nitrogens is 1. The summed E-state index contributed by atoms with van der Waals surface area (Å²) in [6.45, 7) is 16.2. The smallest absolute Gasteiger partial charge is 0.229 e. The third-order valence-electron chi connectivity index (χ3n) is 12.3. The van der Waals surface area contributed by atoms with Gasteiger partial charge in [0.1, 0.15) is 0 Å². The number of piperidine rings is 1. The van der Waals surface area contributed by atoms with Crippen molar-refractivity contribution < 1.29 is 19.2 Å². The van der Waals surface area contributed by atoms with Crippen LogP contribution in [0.1, 0.15) is 134 Å². The lowest BCUT2D eigenvalue weighted by molar-refractivity contribution is -0.135. The highest BCUT2D eigenvalue weighted by molar-refractivity contribution is 6.11. The number of benzene rings is 3. The second kappa shape index (κ2) is 16.3. The van der Waals surface area contributed by atoms with Crippen molar-refractivity contribution in [3.05, 3.63) is 111 Å². The third-order valence-corrected chi connectivity index (χ3v) is 12.3. The van der Waals surface area contributed by atoms with E-state index in [2.05, 4.69) is 60.2 Å². The van der Waals surface area contributed by atoms with Gasteiger partial charge in [-0.05, 0) is 96.8 Å². The number of carbonyl (C=O) groups excluding carboxylic acids is 4. The van der Waals surface area contributed by atoms with Gasteiger partial charge in [0.2, 0.25) is 11.8 Å². The summed E-state index contributed by atoms with van der Waals surface area (Å²) in [5.41, 5.74) is 20.8. The van der Waals surface area contributed by atoms with E-state index in [1.165, 1.54) is 51.4 Å². The highest BCUT2D eigenvalue weighted by Crippen LogP contribution is 2.54. The number of allylic oxidation sites excluding steroid dienone is 2. The maximum Gasteiger partial charge on any atom is 0.229 e. The van der Waals surface area contributed by atoms with Gasteiger partial charge in [-0.25, -0.2) is 0 Å². The van der Waals surface area contributed by atoms with Crippen LogP contribution >= 0.6 is 0 Å². The lowest BCUT2D eigenvalue weighted by atomic mass is 9.68. The number of anilines is 1. The molecule has 2 aliphatic carbocycles. The zero-order valence-electron chi connectivity index (χ0n) is 35.2. The van der Waals surface area contributed by atoms with Gasteiger partial charge in [-0.2, -0.15) is 5.26 Å². The van der Waals surface area contributed by atoms with E-state index in [0.717, 1.165) is 54.7 Å². The average Bonchev–Trinajstić information content (AvgIpc) is 3.97. The number of nitrogens with one attached hydrogen (secondary N) is 2. The van der Waals surface area contributed by atoms with Crippen molar-refractivity contribution in [1.82, 2.24) is 10.3 Å². The fourth-order valence-corrected chi connectivity index (χ4v) is 8.62. The van der Waals surface area contributed by atoms with Crippen molar-refractivity contribution in [1.29, 1.82) is 5.26 Å². The topological polar surface area (TPSA) is 162 Å². The highest BCUT2D eigenvalue weighted by Gasteiger charge is 2.40. The van der Waals surface area contributed by atoms with Crippen molar-refractivity contribution in [2.24, 2.45) is 28.5 Å². The van der Waals surface area contributed by atoms with E-state index in [0.29, 0.717) is 42.0 Å². The van der Waals surface area contributed by atoms with E-state index in [9.17, 15) is 24.4 Å². The number of ketones is 2. The van der Waals surface area contributed by atoms with E-state index >= 15 is 0 Å². The molecule has 59 heavy (non-hydrogen) atoms. The Morgan fingerprint density at radius 1 is 1.03 bits per heavy atom. The SMILES string of the molecule is CC1CCC(=O)NC1=O.CCc1cc2c(cc1/C(C=NCC1CN(c3ccc(C(=O)C(C)C)c(C(C)=O)c3)C1)=C/N)C(C)(C)c1[nH]c3cc(C#N)ccc3c1C2=C1CC1. The van der Waals surface area contributed by atoms with Crippen LogP contribution < -0.4 is 16.0 Å². The van der Waals surface area contributed by atoms with Crippen molar-refractivity contribution >= 4 is 57.3 Å². The summed E-state index contributed by atoms with van der Waals surface area (Å²) in [4.78, 5) is 57.1.